The van der Waals surface area contributed by atoms with Crippen LogP contribution in [0, 0.1) is 81.8 Å². The van der Waals surface area contributed by atoms with Crippen LogP contribution in [0.3, 0.4) is 0 Å². The molecule has 8 unspecified atom stereocenters. The third kappa shape index (κ3) is 3.32. The number of carboxylic acid groups (broad SMARTS) is 1. The zero-order valence-corrected chi connectivity index (χ0v) is 23.8. The number of hydrogen-bond donors (Lipinski definition) is 1. The Labute approximate surface area is 223 Å². The molecule has 0 heterocycles. The number of esters is 1. The Morgan fingerprint density at radius 2 is 1.51 bits per heavy atom. The second-order valence-corrected chi connectivity index (χ2v) is 16.3. The first kappa shape index (κ1) is 24.7. The lowest BCUT2D eigenvalue weighted by Gasteiger charge is -2.54. The van der Waals surface area contributed by atoms with Crippen LogP contribution in [0.1, 0.15) is 92.9 Å². The summed E-state index contributed by atoms with van der Waals surface area (Å²) in [4.78, 5) is 26.7. The van der Waals surface area contributed by atoms with E-state index in [0.717, 1.165) is 31.1 Å². The minimum Gasteiger partial charge on any atom is -0.481 e. The Bertz CT molecular complexity index is 1020. The number of hydrogen-bond acceptors (Lipinski definition) is 3. The van der Waals surface area contributed by atoms with Crippen molar-refractivity contribution in [3.8, 4) is 0 Å². The highest BCUT2D eigenvalue weighted by molar-refractivity contribution is 5.84. The van der Waals surface area contributed by atoms with Gasteiger partial charge in [-0.05, 0) is 115 Å². The number of fused-ring (bicyclic) bond motifs is 8. The Balaban J connectivity index is 1.22. The van der Waals surface area contributed by atoms with E-state index < -0.39 is 17.8 Å². The van der Waals surface area contributed by atoms with Crippen LogP contribution >= 0.6 is 0 Å². The summed E-state index contributed by atoms with van der Waals surface area (Å²) in [5.74, 6) is 2.98. The van der Waals surface area contributed by atoms with E-state index in [1.807, 2.05) is 0 Å². The minimum absolute atomic E-state index is 0.0411. The molecule has 0 saturated heterocycles. The van der Waals surface area contributed by atoms with Crippen LogP contribution < -0.4 is 0 Å². The minimum atomic E-state index is -0.759. The number of ether oxygens (including phenoxy) is 1. The second kappa shape index (κ2) is 7.87. The topological polar surface area (TPSA) is 63.6 Å². The van der Waals surface area contributed by atoms with Gasteiger partial charge >= 0.3 is 11.9 Å². The van der Waals surface area contributed by atoms with Crippen molar-refractivity contribution in [3.63, 3.8) is 0 Å². The van der Waals surface area contributed by atoms with Crippen molar-refractivity contribution in [2.75, 3.05) is 0 Å². The zero-order chi connectivity index (χ0) is 26.2. The number of rotatable bonds is 5. The highest BCUT2D eigenvalue weighted by Gasteiger charge is 2.70. The molecule has 7 saturated carbocycles. The van der Waals surface area contributed by atoms with Gasteiger partial charge < -0.3 is 9.84 Å². The average Bonchev–Trinajstić information content (AvgIpc) is 3.56. The third-order valence-corrected chi connectivity index (χ3v) is 13.2. The predicted octanol–water partition coefficient (Wildman–Crippen LogP) is 6.98. The molecule has 0 aliphatic heterocycles. The van der Waals surface area contributed by atoms with Crippen molar-refractivity contribution in [2.45, 2.75) is 99.0 Å². The van der Waals surface area contributed by atoms with Crippen molar-refractivity contribution >= 4 is 11.9 Å². The zero-order valence-electron chi connectivity index (χ0n) is 23.8. The maximum Gasteiger partial charge on any atom is 0.310 e. The Morgan fingerprint density at radius 1 is 0.892 bits per heavy atom. The number of allylic oxidation sites excluding steroid dienone is 2. The van der Waals surface area contributed by atoms with Crippen LogP contribution in [0.15, 0.2) is 11.1 Å². The SMILES string of the molecule is CCC(C)(C)C1C2CC(=C3C4CC(C32)C(C(=O)O)C4C(=O)OC2C3CC4CC(C3)CC2C4)C1C(C)(C)C. The molecule has 8 atom stereocenters. The van der Waals surface area contributed by atoms with E-state index in [4.69, 9.17) is 4.74 Å². The van der Waals surface area contributed by atoms with Gasteiger partial charge in [0, 0.05) is 0 Å². The van der Waals surface area contributed by atoms with E-state index in [2.05, 4.69) is 41.5 Å². The van der Waals surface area contributed by atoms with Crippen LogP contribution in [-0.4, -0.2) is 23.1 Å². The van der Waals surface area contributed by atoms with Gasteiger partial charge in [-0.3, -0.25) is 9.59 Å². The van der Waals surface area contributed by atoms with Crippen molar-refractivity contribution in [3.05, 3.63) is 11.1 Å². The van der Waals surface area contributed by atoms with Gasteiger partial charge in [-0.25, -0.2) is 0 Å². The Morgan fingerprint density at radius 3 is 2.05 bits per heavy atom. The molecule has 0 aromatic heterocycles. The molecule has 0 spiro atoms. The van der Waals surface area contributed by atoms with E-state index in [-0.39, 0.29) is 34.7 Å². The molecule has 7 fully saturated rings. The lowest BCUT2D eigenvalue weighted by Crippen LogP contribution is -2.52. The van der Waals surface area contributed by atoms with E-state index in [1.165, 1.54) is 37.7 Å². The van der Waals surface area contributed by atoms with Crippen molar-refractivity contribution in [2.24, 2.45) is 81.8 Å². The fourth-order valence-corrected chi connectivity index (χ4v) is 12.1. The molecular formula is C33H48O4. The Hall–Kier alpha value is -1.32. The van der Waals surface area contributed by atoms with E-state index in [1.54, 1.807) is 5.57 Å². The van der Waals surface area contributed by atoms with Gasteiger partial charge in [0.2, 0.25) is 0 Å². The quantitative estimate of drug-likeness (QED) is 0.321. The van der Waals surface area contributed by atoms with Gasteiger partial charge in [0.25, 0.3) is 0 Å². The molecule has 8 rings (SSSR count). The van der Waals surface area contributed by atoms with Gasteiger partial charge in [0.05, 0.1) is 11.8 Å². The van der Waals surface area contributed by atoms with E-state index >= 15 is 0 Å². The summed E-state index contributed by atoms with van der Waals surface area (Å²) in [6.45, 7) is 14.4. The highest BCUT2D eigenvalue weighted by atomic mass is 16.5. The number of aliphatic carboxylic acids is 1. The standard InChI is InChI=1S/C33H48O4/c1-7-33(5,6)28-22-14-21(27(28)32(2,3)4)24-20-13-19(23(22)24)25(30(34)35)26(20)31(36)37-29-17-9-15-8-16(11-17)12-18(29)10-15/h15-20,22-23,25-29H,7-14H2,1-6H3,(H,34,35). The van der Waals surface area contributed by atoms with Crippen LogP contribution in [0.4, 0.5) is 0 Å². The molecule has 204 valence electrons. The molecule has 0 radical (unpaired) electrons. The van der Waals surface area contributed by atoms with Gasteiger partial charge in [0.15, 0.2) is 0 Å². The second-order valence-electron chi connectivity index (χ2n) is 16.3. The van der Waals surface area contributed by atoms with Crippen LogP contribution in [0.2, 0.25) is 0 Å². The molecule has 8 aliphatic rings. The van der Waals surface area contributed by atoms with Crippen molar-refractivity contribution in [1.82, 2.24) is 0 Å². The lowest BCUT2D eigenvalue weighted by atomic mass is 9.54. The first-order valence-electron chi connectivity index (χ1n) is 15.6. The largest absolute Gasteiger partial charge is 0.481 e. The average molecular weight is 509 g/mol. The summed E-state index contributed by atoms with van der Waals surface area (Å²) in [6, 6.07) is 0. The molecule has 4 heteroatoms. The molecular weight excluding hydrogens is 460 g/mol. The lowest BCUT2D eigenvalue weighted by molar-refractivity contribution is -0.181. The maximum atomic E-state index is 14.0. The summed E-state index contributed by atoms with van der Waals surface area (Å²) in [6.07, 6.45) is 9.44. The maximum absolute atomic E-state index is 14.0. The molecule has 0 aromatic carbocycles. The Kier molecular flexibility index (Phi) is 5.26. The molecule has 37 heavy (non-hydrogen) atoms. The summed E-state index contributed by atoms with van der Waals surface area (Å²) in [7, 11) is 0. The van der Waals surface area contributed by atoms with E-state index in [0.29, 0.717) is 35.5 Å². The smallest absolute Gasteiger partial charge is 0.310 e. The summed E-state index contributed by atoms with van der Waals surface area (Å²) in [5.41, 5.74) is 3.55. The first-order valence-corrected chi connectivity index (χ1v) is 15.6. The monoisotopic (exact) mass is 508 g/mol. The predicted molar refractivity (Wildman–Crippen MR) is 142 cm³/mol. The van der Waals surface area contributed by atoms with Gasteiger partial charge in [-0.1, -0.05) is 59.1 Å². The van der Waals surface area contributed by atoms with Crippen LogP contribution in [0.5, 0.6) is 0 Å². The molecule has 1 N–H and O–H groups in total. The number of carbonyl (C=O) groups excluding carboxylic acids is 1. The number of carbonyl (C=O) groups is 2. The molecule has 8 aliphatic carbocycles. The van der Waals surface area contributed by atoms with Crippen molar-refractivity contribution < 1.29 is 19.4 Å². The first-order chi connectivity index (χ1) is 17.4. The fraction of sp³-hybridized carbons (Fsp3) is 0.879. The van der Waals surface area contributed by atoms with Gasteiger partial charge in [-0.15, -0.1) is 0 Å². The van der Waals surface area contributed by atoms with Crippen molar-refractivity contribution in [1.29, 1.82) is 0 Å². The summed E-state index contributed by atoms with van der Waals surface area (Å²) >= 11 is 0. The fourth-order valence-electron chi connectivity index (χ4n) is 12.1. The molecule has 0 amide bonds. The van der Waals surface area contributed by atoms with Crippen LogP contribution in [0.25, 0.3) is 0 Å². The van der Waals surface area contributed by atoms with E-state index in [9.17, 15) is 14.7 Å². The normalized spacial score (nSPS) is 49.2. The molecule has 4 nitrogen and oxygen atoms in total. The summed E-state index contributed by atoms with van der Waals surface area (Å²) < 4.78 is 6.43. The third-order valence-electron chi connectivity index (χ3n) is 13.2. The highest BCUT2D eigenvalue weighted by Crippen LogP contribution is 2.74. The summed E-state index contributed by atoms with van der Waals surface area (Å²) in [5, 5.41) is 10.5. The molecule has 8 bridgehead atoms. The molecule has 0 aromatic rings. The van der Waals surface area contributed by atoms with Gasteiger partial charge in [0.1, 0.15) is 6.10 Å². The number of carboxylic acids is 1. The van der Waals surface area contributed by atoms with Crippen LogP contribution in [-0.2, 0) is 14.3 Å². The van der Waals surface area contributed by atoms with Gasteiger partial charge in [-0.2, -0.15) is 0 Å².